The van der Waals surface area contributed by atoms with Crippen LogP contribution in [0.25, 0.3) is 0 Å². The average Bonchev–Trinajstić information content (AvgIpc) is 2.79. The number of likely N-dealkylation sites (tertiary alicyclic amines) is 1. The molecular weight excluding hydrogens is 260 g/mol. The van der Waals surface area contributed by atoms with E-state index in [0.717, 1.165) is 0 Å². The fourth-order valence-electron chi connectivity index (χ4n) is 2.25. The third-order valence-corrected chi connectivity index (χ3v) is 3.45. The van der Waals surface area contributed by atoms with Crippen LogP contribution in [-0.4, -0.2) is 44.0 Å². The molecule has 0 radical (unpaired) electrons. The van der Waals surface area contributed by atoms with Crippen LogP contribution in [0, 0.1) is 0 Å². The van der Waals surface area contributed by atoms with Crippen molar-refractivity contribution in [1.82, 2.24) is 4.90 Å². The van der Waals surface area contributed by atoms with E-state index < -0.39 is 6.04 Å². The molecule has 1 atom stereocenters. The Morgan fingerprint density at radius 1 is 1.30 bits per heavy atom. The van der Waals surface area contributed by atoms with Crippen LogP contribution in [0.15, 0.2) is 18.2 Å². The van der Waals surface area contributed by atoms with Gasteiger partial charge in [-0.25, -0.2) is 0 Å². The lowest BCUT2D eigenvalue weighted by Gasteiger charge is -2.19. The van der Waals surface area contributed by atoms with E-state index in [-0.39, 0.29) is 11.8 Å². The van der Waals surface area contributed by atoms with Crippen LogP contribution in [0.2, 0.25) is 0 Å². The van der Waals surface area contributed by atoms with Crippen LogP contribution in [0.1, 0.15) is 12.8 Å². The lowest BCUT2D eigenvalue weighted by molar-refractivity contribution is -0.131. The number of likely N-dealkylation sites (N-methyl/N-ethyl adjacent to an activating group) is 1. The summed E-state index contributed by atoms with van der Waals surface area (Å²) in [6.07, 6.45) is 0.967. The van der Waals surface area contributed by atoms with Gasteiger partial charge < -0.3 is 19.7 Å². The number of nitrogens with one attached hydrogen (secondary N) is 1. The minimum absolute atomic E-state index is 0.00235. The molecule has 2 rings (SSSR count). The topological polar surface area (TPSA) is 67.9 Å². The summed E-state index contributed by atoms with van der Waals surface area (Å²) in [6, 6.07) is 4.73. The van der Waals surface area contributed by atoms with Crippen molar-refractivity contribution in [1.29, 1.82) is 0 Å². The molecule has 108 valence electrons. The van der Waals surface area contributed by atoms with E-state index in [0.29, 0.717) is 30.0 Å². The fourth-order valence-corrected chi connectivity index (χ4v) is 2.25. The van der Waals surface area contributed by atoms with Gasteiger partial charge in [0.15, 0.2) is 11.5 Å². The number of nitrogens with zero attached hydrogens (tertiary/aromatic N) is 1. The maximum atomic E-state index is 12.1. The van der Waals surface area contributed by atoms with Crippen LogP contribution >= 0.6 is 0 Å². The minimum Gasteiger partial charge on any atom is -0.493 e. The van der Waals surface area contributed by atoms with E-state index in [1.807, 2.05) is 0 Å². The van der Waals surface area contributed by atoms with E-state index in [1.165, 1.54) is 12.0 Å². The van der Waals surface area contributed by atoms with Gasteiger partial charge in [0.2, 0.25) is 11.8 Å². The second-order valence-corrected chi connectivity index (χ2v) is 4.62. The molecule has 6 nitrogen and oxygen atoms in total. The van der Waals surface area contributed by atoms with E-state index in [2.05, 4.69) is 5.32 Å². The van der Waals surface area contributed by atoms with E-state index in [1.54, 1.807) is 32.4 Å². The number of amides is 2. The second-order valence-electron chi connectivity index (χ2n) is 4.62. The van der Waals surface area contributed by atoms with E-state index >= 15 is 0 Å². The van der Waals surface area contributed by atoms with E-state index in [4.69, 9.17) is 9.47 Å². The Morgan fingerprint density at radius 2 is 2.00 bits per heavy atom. The van der Waals surface area contributed by atoms with Gasteiger partial charge in [-0.3, -0.25) is 9.59 Å². The molecule has 1 aliphatic heterocycles. The molecule has 6 heteroatoms. The fraction of sp³-hybridized carbons (Fsp3) is 0.429. The number of ether oxygens (including phenoxy) is 2. The van der Waals surface area contributed by atoms with Gasteiger partial charge >= 0.3 is 0 Å². The number of carbonyl (C=O) groups excluding carboxylic acids is 2. The van der Waals surface area contributed by atoms with Crippen molar-refractivity contribution in [3.05, 3.63) is 18.2 Å². The van der Waals surface area contributed by atoms with Crippen molar-refractivity contribution < 1.29 is 19.1 Å². The number of hydrogen-bond acceptors (Lipinski definition) is 4. The standard InChI is InChI=1S/C14H18N2O4/c1-16-10(5-7-13(16)17)14(18)15-9-4-6-11(19-2)12(8-9)20-3/h4,6,8,10H,5,7H2,1-3H3,(H,15,18)/t10-/m0/s1. The lowest BCUT2D eigenvalue weighted by atomic mass is 10.2. The molecule has 0 aromatic heterocycles. The molecule has 2 amide bonds. The Hall–Kier alpha value is -2.24. The largest absolute Gasteiger partial charge is 0.493 e. The Morgan fingerprint density at radius 3 is 2.55 bits per heavy atom. The summed E-state index contributed by atoms with van der Waals surface area (Å²) < 4.78 is 10.3. The van der Waals surface area contributed by atoms with Crippen LogP contribution in [0.5, 0.6) is 11.5 Å². The van der Waals surface area contributed by atoms with Crippen LogP contribution in [0.3, 0.4) is 0 Å². The molecule has 0 bridgehead atoms. The first kappa shape index (κ1) is 14.2. The molecule has 1 aromatic rings. The van der Waals surface area contributed by atoms with Crippen molar-refractivity contribution in [3.63, 3.8) is 0 Å². The Labute approximate surface area is 117 Å². The minimum atomic E-state index is -0.407. The number of methoxy groups -OCH3 is 2. The predicted octanol–water partition coefficient (Wildman–Crippen LogP) is 1.26. The predicted molar refractivity (Wildman–Crippen MR) is 74.0 cm³/mol. The molecule has 20 heavy (non-hydrogen) atoms. The van der Waals surface area contributed by atoms with Crippen molar-refractivity contribution in [2.75, 3.05) is 26.6 Å². The Kier molecular flexibility index (Phi) is 4.12. The van der Waals surface area contributed by atoms with Crippen molar-refractivity contribution in [2.24, 2.45) is 0 Å². The van der Waals surface area contributed by atoms with Crippen molar-refractivity contribution in [2.45, 2.75) is 18.9 Å². The normalized spacial score (nSPS) is 18.1. The number of carbonyl (C=O) groups is 2. The highest BCUT2D eigenvalue weighted by Crippen LogP contribution is 2.30. The van der Waals surface area contributed by atoms with Gasteiger partial charge in [0.05, 0.1) is 14.2 Å². The summed E-state index contributed by atoms with van der Waals surface area (Å²) in [6.45, 7) is 0. The first-order chi connectivity index (χ1) is 9.56. The molecule has 1 aliphatic rings. The zero-order valence-corrected chi connectivity index (χ0v) is 11.8. The third-order valence-electron chi connectivity index (χ3n) is 3.45. The Bertz CT molecular complexity index is 530. The molecule has 0 unspecified atom stereocenters. The molecule has 1 N–H and O–H groups in total. The summed E-state index contributed by atoms with van der Waals surface area (Å²) >= 11 is 0. The number of rotatable bonds is 4. The number of hydrogen-bond donors (Lipinski definition) is 1. The lowest BCUT2D eigenvalue weighted by Crippen LogP contribution is -2.38. The van der Waals surface area contributed by atoms with Gasteiger partial charge in [0, 0.05) is 25.2 Å². The third kappa shape index (κ3) is 2.68. The van der Waals surface area contributed by atoms with Crippen molar-refractivity contribution in [3.8, 4) is 11.5 Å². The van der Waals surface area contributed by atoms with Gasteiger partial charge in [0.25, 0.3) is 0 Å². The van der Waals surface area contributed by atoms with Crippen LogP contribution < -0.4 is 14.8 Å². The zero-order chi connectivity index (χ0) is 14.7. The van der Waals surface area contributed by atoms with Gasteiger partial charge in [-0.05, 0) is 18.6 Å². The van der Waals surface area contributed by atoms with E-state index in [9.17, 15) is 9.59 Å². The second kappa shape index (κ2) is 5.81. The molecule has 1 aromatic carbocycles. The van der Waals surface area contributed by atoms with Crippen molar-refractivity contribution >= 4 is 17.5 Å². The van der Waals surface area contributed by atoms with Crippen LogP contribution in [-0.2, 0) is 9.59 Å². The summed E-state index contributed by atoms with van der Waals surface area (Å²) in [5.74, 6) is 0.947. The molecule has 1 heterocycles. The molecule has 0 spiro atoms. The summed E-state index contributed by atoms with van der Waals surface area (Å²) in [5.41, 5.74) is 0.611. The quantitative estimate of drug-likeness (QED) is 0.900. The smallest absolute Gasteiger partial charge is 0.247 e. The molecule has 1 fully saturated rings. The Balaban J connectivity index is 2.10. The first-order valence-corrected chi connectivity index (χ1v) is 6.35. The molecule has 1 saturated heterocycles. The van der Waals surface area contributed by atoms with Gasteiger partial charge in [-0.2, -0.15) is 0 Å². The van der Waals surface area contributed by atoms with Gasteiger partial charge in [0.1, 0.15) is 6.04 Å². The number of benzene rings is 1. The summed E-state index contributed by atoms with van der Waals surface area (Å²) in [4.78, 5) is 25.1. The van der Waals surface area contributed by atoms with Gasteiger partial charge in [-0.15, -0.1) is 0 Å². The molecular formula is C14H18N2O4. The highest BCUT2D eigenvalue weighted by Gasteiger charge is 2.33. The summed E-state index contributed by atoms with van der Waals surface area (Å²) in [5, 5.41) is 2.79. The highest BCUT2D eigenvalue weighted by atomic mass is 16.5. The maximum absolute atomic E-state index is 12.1. The summed E-state index contributed by atoms with van der Waals surface area (Å²) in [7, 11) is 4.73. The first-order valence-electron chi connectivity index (χ1n) is 6.35. The highest BCUT2D eigenvalue weighted by molar-refractivity contribution is 5.99. The molecule has 0 aliphatic carbocycles. The van der Waals surface area contributed by atoms with Gasteiger partial charge in [-0.1, -0.05) is 0 Å². The number of anilines is 1. The monoisotopic (exact) mass is 278 g/mol. The SMILES string of the molecule is COc1ccc(NC(=O)[C@@H]2CCC(=O)N2C)cc1OC. The van der Waals surface area contributed by atoms with Crippen LogP contribution in [0.4, 0.5) is 5.69 Å². The molecule has 0 saturated carbocycles. The average molecular weight is 278 g/mol. The zero-order valence-electron chi connectivity index (χ0n) is 11.8. The maximum Gasteiger partial charge on any atom is 0.247 e.